The van der Waals surface area contributed by atoms with Gasteiger partial charge in [0.25, 0.3) is 0 Å². The highest BCUT2D eigenvalue weighted by atomic mass is 127. The highest BCUT2D eigenvalue weighted by molar-refractivity contribution is 14.0. The zero-order chi connectivity index (χ0) is 18.1. The Morgan fingerprint density at radius 2 is 1.80 bits per heavy atom. The van der Waals surface area contributed by atoms with Gasteiger partial charge in [-0.3, -0.25) is 9.89 Å². The van der Waals surface area contributed by atoms with Gasteiger partial charge in [0.05, 0.1) is 7.11 Å². The largest absolute Gasteiger partial charge is 0.496 e. The van der Waals surface area contributed by atoms with E-state index in [2.05, 4.69) is 67.3 Å². The summed E-state index contributed by atoms with van der Waals surface area (Å²) in [5.41, 5.74) is 2.35. The van der Waals surface area contributed by atoms with Crippen LogP contribution in [0.3, 0.4) is 0 Å². The van der Waals surface area contributed by atoms with Gasteiger partial charge in [-0.2, -0.15) is 0 Å². The topological polar surface area (TPSA) is 48.9 Å². The Kier molecular flexibility index (Phi) is 11.8. The van der Waals surface area contributed by atoms with Crippen LogP contribution in [0.2, 0.25) is 0 Å². The Balaban J connectivity index is 0.00000576. The molecular formula is C19H35IN4O. The molecule has 2 N–H and O–H groups in total. The predicted octanol–water partition coefficient (Wildman–Crippen LogP) is 3.41. The number of methoxy groups -OCH3 is 1. The zero-order valence-electron chi connectivity index (χ0n) is 16.7. The van der Waals surface area contributed by atoms with E-state index in [9.17, 15) is 0 Å². The second kappa shape index (κ2) is 12.4. The quantitative estimate of drug-likeness (QED) is 0.353. The molecule has 0 saturated heterocycles. The smallest absolute Gasteiger partial charge is 0.191 e. The number of hydrogen-bond acceptors (Lipinski definition) is 3. The molecule has 0 radical (unpaired) electrons. The fraction of sp³-hybridized carbons (Fsp3) is 0.632. The third-order valence-corrected chi connectivity index (χ3v) is 4.13. The summed E-state index contributed by atoms with van der Waals surface area (Å²) in [4.78, 5) is 6.76. The van der Waals surface area contributed by atoms with E-state index in [1.54, 1.807) is 14.2 Å². The Bertz CT molecular complexity index is 524. The highest BCUT2D eigenvalue weighted by Crippen LogP contribution is 2.18. The summed E-state index contributed by atoms with van der Waals surface area (Å²) in [5, 5.41) is 6.75. The van der Waals surface area contributed by atoms with Crippen molar-refractivity contribution in [2.45, 2.75) is 53.2 Å². The second-order valence-corrected chi connectivity index (χ2v) is 6.58. The van der Waals surface area contributed by atoms with Gasteiger partial charge in [-0.1, -0.05) is 12.1 Å². The molecule has 25 heavy (non-hydrogen) atoms. The summed E-state index contributed by atoms with van der Waals surface area (Å²) in [6.45, 7) is 13.6. The van der Waals surface area contributed by atoms with Gasteiger partial charge in [0, 0.05) is 38.8 Å². The summed E-state index contributed by atoms with van der Waals surface area (Å²) in [6.07, 6.45) is 0. The Labute approximate surface area is 170 Å². The van der Waals surface area contributed by atoms with Crippen LogP contribution in [0.4, 0.5) is 0 Å². The summed E-state index contributed by atoms with van der Waals surface area (Å²) < 4.78 is 5.30. The van der Waals surface area contributed by atoms with Crippen LogP contribution in [-0.4, -0.2) is 50.2 Å². The number of nitrogens with one attached hydrogen (secondary N) is 2. The molecule has 0 amide bonds. The molecule has 0 fully saturated rings. The van der Waals surface area contributed by atoms with Crippen molar-refractivity contribution >= 4 is 29.9 Å². The number of benzene rings is 1. The van der Waals surface area contributed by atoms with Crippen LogP contribution < -0.4 is 15.4 Å². The first-order valence-corrected chi connectivity index (χ1v) is 8.72. The third-order valence-electron chi connectivity index (χ3n) is 4.13. The normalized spacial score (nSPS) is 11.7. The maximum absolute atomic E-state index is 5.30. The molecule has 0 aliphatic rings. The molecule has 0 aromatic heterocycles. The van der Waals surface area contributed by atoms with E-state index < -0.39 is 0 Å². The van der Waals surface area contributed by atoms with Crippen molar-refractivity contribution < 1.29 is 4.74 Å². The first-order valence-electron chi connectivity index (χ1n) is 8.72. The molecule has 0 bridgehead atoms. The van der Waals surface area contributed by atoms with Crippen LogP contribution in [0.15, 0.2) is 23.2 Å². The molecule has 144 valence electrons. The van der Waals surface area contributed by atoms with Crippen LogP contribution in [0.25, 0.3) is 0 Å². The molecule has 0 aliphatic carbocycles. The van der Waals surface area contributed by atoms with Gasteiger partial charge >= 0.3 is 0 Å². The highest BCUT2D eigenvalue weighted by Gasteiger charge is 2.12. The number of ether oxygens (including phenoxy) is 1. The van der Waals surface area contributed by atoms with Crippen molar-refractivity contribution in [1.29, 1.82) is 0 Å². The minimum Gasteiger partial charge on any atom is -0.496 e. The first-order chi connectivity index (χ1) is 11.4. The third kappa shape index (κ3) is 8.27. The van der Waals surface area contributed by atoms with Gasteiger partial charge < -0.3 is 15.4 Å². The molecule has 0 atom stereocenters. The lowest BCUT2D eigenvalue weighted by Crippen LogP contribution is -2.45. The van der Waals surface area contributed by atoms with E-state index in [1.807, 2.05) is 6.07 Å². The minimum absolute atomic E-state index is 0. The number of aliphatic imine (C=N–C) groups is 1. The van der Waals surface area contributed by atoms with E-state index in [-0.39, 0.29) is 24.0 Å². The summed E-state index contributed by atoms with van der Waals surface area (Å²) >= 11 is 0. The standard InChI is InChI=1S/C19H34N4O.HI/c1-14(2)23(15(3)4)11-10-21-19(20-6)22-13-17-8-9-18(24-7)16(5)12-17;/h8-9,12,14-15H,10-11,13H2,1-7H3,(H2,20,21,22);1H. The summed E-state index contributed by atoms with van der Waals surface area (Å²) in [7, 11) is 3.50. The molecule has 1 rings (SSSR count). The molecule has 1 aromatic rings. The van der Waals surface area contributed by atoms with Gasteiger partial charge in [0.15, 0.2) is 5.96 Å². The van der Waals surface area contributed by atoms with Crippen LogP contribution in [0.5, 0.6) is 5.75 Å². The maximum atomic E-state index is 5.30. The van der Waals surface area contributed by atoms with Gasteiger partial charge in [-0.15, -0.1) is 24.0 Å². The van der Waals surface area contributed by atoms with E-state index in [0.29, 0.717) is 12.1 Å². The van der Waals surface area contributed by atoms with Crippen LogP contribution in [-0.2, 0) is 6.54 Å². The van der Waals surface area contributed by atoms with Gasteiger partial charge in [0.2, 0.25) is 0 Å². The van der Waals surface area contributed by atoms with Crippen molar-refractivity contribution in [3.8, 4) is 5.75 Å². The molecular weight excluding hydrogens is 427 g/mol. The van der Waals surface area contributed by atoms with Crippen LogP contribution >= 0.6 is 24.0 Å². The fourth-order valence-corrected chi connectivity index (χ4v) is 2.87. The molecule has 5 nitrogen and oxygen atoms in total. The van der Waals surface area contributed by atoms with Crippen molar-refractivity contribution in [3.63, 3.8) is 0 Å². The van der Waals surface area contributed by atoms with E-state index in [1.165, 1.54) is 5.56 Å². The minimum atomic E-state index is 0. The van der Waals surface area contributed by atoms with E-state index >= 15 is 0 Å². The number of aryl methyl sites for hydroxylation is 1. The van der Waals surface area contributed by atoms with Crippen molar-refractivity contribution in [2.75, 3.05) is 27.2 Å². The van der Waals surface area contributed by atoms with Gasteiger partial charge in [-0.05, 0) is 51.8 Å². The molecule has 6 heteroatoms. The van der Waals surface area contributed by atoms with E-state index in [4.69, 9.17) is 4.74 Å². The van der Waals surface area contributed by atoms with Gasteiger partial charge in [0.1, 0.15) is 5.75 Å². The van der Waals surface area contributed by atoms with Crippen molar-refractivity contribution in [2.24, 2.45) is 4.99 Å². The molecule has 0 unspecified atom stereocenters. The number of nitrogens with zero attached hydrogens (tertiary/aromatic N) is 2. The first kappa shape index (κ1) is 24.0. The van der Waals surface area contributed by atoms with Crippen LogP contribution in [0, 0.1) is 6.92 Å². The number of halogens is 1. The second-order valence-electron chi connectivity index (χ2n) is 6.58. The van der Waals surface area contributed by atoms with Crippen molar-refractivity contribution in [1.82, 2.24) is 15.5 Å². The molecule has 1 aromatic carbocycles. The Hall–Kier alpha value is -1.02. The fourth-order valence-electron chi connectivity index (χ4n) is 2.87. The number of rotatable bonds is 8. The number of hydrogen-bond donors (Lipinski definition) is 2. The Morgan fingerprint density at radius 3 is 2.28 bits per heavy atom. The number of guanidine groups is 1. The summed E-state index contributed by atoms with van der Waals surface area (Å²) in [5.74, 6) is 1.75. The Morgan fingerprint density at radius 1 is 1.16 bits per heavy atom. The van der Waals surface area contributed by atoms with E-state index in [0.717, 1.165) is 36.9 Å². The summed E-state index contributed by atoms with van der Waals surface area (Å²) in [6, 6.07) is 7.31. The molecule has 0 saturated carbocycles. The predicted molar refractivity (Wildman–Crippen MR) is 118 cm³/mol. The lowest BCUT2D eigenvalue weighted by atomic mass is 10.1. The maximum Gasteiger partial charge on any atom is 0.191 e. The lowest BCUT2D eigenvalue weighted by Gasteiger charge is -2.30. The van der Waals surface area contributed by atoms with Crippen LogP contribution in [0.1, 0.15) is 38.8 Å². The van der Waals surface area contributed by atoms with Crippen molar-refractivity contribution in [3.05, 3.63) is 29.3 Å². The average molecular weight is 462 g/mol. The zero-order valence-corrected chi connectivity index (χ0v) is 19.0. The molecule has 0 aliphatic heterocycles. The lowest BCUT2D eigenvalue weighted by molar-refractivity contribution is 0.178. The average Bonchev–Trinajstić information content (AvgIpc) is 2.53. The molecule has 0 spiro atoms. The monoisotopic (exact) mass is 462 g/mol. The molecule has 0 heterocycles. The SMILES string of the molecule is CN=C(NCCN(C(C)C)C(C)C)NCc1ccc(OC)c(C)c1.I. The van der Waals surface area contributed by atoms with Gasteiger partial charge in [-0.25, -0.2) is 0 Å².